The first kappa shape index (κ1) is 10.2. The van der Waals surface area contributed by atoms with E-state index in [1.807, 2.05) is 6.92 Å². The predicted octanol–water partition coefficient (Wildman–Crippen LogP) is 0.270. The number of aromatic nitrogens is 2. The van der Waals surface area contributed by atoms with E-state index < -0.39 is 0 Å². The molecule has 0 bridgehead atoms. The van der Waals surface area contributed by atoms with E-state index in [0.717, 1.165) is 25.5 Å². The highest BCUT2D eigenvalue weighted by Gasteiger charge is 2.26. The lowest BCUT2D eigenvalue weighted by Crippen LogP contribution is -2.50. The molecule has 0 aromatic carbocycles. The minimum atomic E-state index is 0.589. The molecule has 15 heavy (non-hydrogen) atoms. The number of ether oxygens (including phenoxy) is 1. The molecule has 1 aliphatic rings. The van der Waals surface area contributed by atoms with Crippen LogP contribution in [0.2, 0.25) is 0 Å². The molecule has 1 saturated heterocycles. The zero-order valence-electron chi connectivity index (χ0n) is 8.89. The molecule has 1 aromatic heterocycles. The van der Waals surface area contributed by atoms with Crippen LogP contribution in [0.4, 0.5) is 5.82 Å². The maximum Gasteiger partial charge on any atom is 0.234 e. The second-order valence-electron chi connectivity index (χ2n) is 3.66. The van der Waals surface area contributed by atoms with Gasteiger partial charge in [0.15, 0.2) is 5.82 Å². The van der Waals surface area contributed by atoms with Gasteiger partial charge in [-0.05, 0) is 13.5 Å². The zero-order valence-corrected chi connectivity index (χ0v) is 8.89. The summed E-state index contributed by atoms with van der Waals surface area (Å²) >= 11 is 0. The molecule has 2 heterocycles. The van der Waals surface area contributed by atoms with Crippen LogP contribution in [-0.2, 0) is 0 Å². The van der Waals surface area contributed by atoms with Crippen molar-refractivity contribution in [2.24, 2.45) is 11.7 Å². The molecule has 2 rings (SSSR count). The van der Waals surface area contributed by atoms with Crippen LogP contribution in [0.5, 0.6) is 5.88 Å². The van der Waals surface area contributed by atoms with Crippen molar-refractivity contribution in [3.63, 3.8) is 0 Å². The van der Waals surface area contributed by atoms with Crippen molar-refractivity contribution < 1.29 is 4.74 Å². The standard InChI is InChI=1S/C10H16N4O/c1-2-15-10-5-12-4-9(13-10)14-6-8(3-11)7-14/h4-5,8H,2-3,6-7,11H2,1H3. The monoisotopic (exact) mass is 208 g/mol. The van der Waals surface area contributed by atoms with Crippen LogP contribution in [0.25, 0.3) is 0 Å². The molecule has 82 valence electrons. The lowest BCUT2D eigenvalue weighted by atomic mass is 10.0. The zero-order chi connectivity index (χ0) is 10.7. The van der Waals surface area contributed by atoms with Crippen LogP contribution in [0, 0.1) is 5.92 Å². The first-order valence-corrected chi connectivity index (χ1v) is 5.23. The first-order chi connectivity index (χ1) is 7.33. The molecule has 0 unspecified atom stereocenters. The summed E-state index contributed by atoms with van der Waals surface area (Å²) in [6.07, 6.45) is 3.39. The molecule has 2 N–H and O–H groups in total. The Bertz CT molecular complexity index is 325. The first-order valence-electron chi connectivity index (χ1n) is 5.23. The molecule has 5 heteroatoms. The number of nitrogens with zero attached hydrogens (tertiary/aromatic N) is 3. The lowest BCUT2D eigenvalue weighted by molar-refractivity contribution is 0.323. The highest BCUT2D eigenvalue weighted by Crippen LogP contribution is 2.22. The molecule has 5 nitrogen and oxygen atoms in total. The topological polar surface area (TPSA) is 64.3 Å². The summed E-state index contributed by atoms with van der Waals surface area (Å²) in [4.78, 5) is 10.6. The molecular formula is C10H16N4O. The van der Waals surface area contributed by atoms with Crippen molar-refractivity contribution in [2.45, 2.75) is 6.92 Å². The van der Waals surface area contributed by atoms with Gasteiger partial charge in [0, 0.05) is 19.0 Å². The molecular weight excluding hydrogens is 192 g/mol. The van der Waals surface area contributed by atoms with Gasteiger partial charge in [-0.1, -0.05) is 0 Å². The van der Waals surface area contributed by atoms with Crippen molar-refractivity contribution >= 4 is 5.82 Å². The summed E-state index contributed by atoms with van der Waals surface area (Å²) < 4.78 is 5.29. The Labute approximate surface area is 89.3 Å². The minimum absolute atomic E-state index is 0.589. The number of rotatable bonds is 4. The van der Waals surface area contributed by atoms with Gasteiger partial charge in [-0.25, -0.2) is 0 Å². The Morgan fingerprint density at radius 3 is 3.00 bits per heavy atom. The maximum atomic E-state index is 5.56. The molecule has 1 fully saturated rings. The third-order valence-electron chi connectivity index (χ3n) is 2.51. The van der Waals surface area contributed by atoms with E-state index in [0.29, 0.717) is 18.4 Å². The summed E-state index contributed by atoms with van der Waals surface area (Å²) in [6, 6.07) is 0. The molecule has 0 atom stereocenters. The van der Waals surface area contributed by atoms with Crippen LogP contribution in [-0.4, -0.2) is 36.2 Å². The van der Waals surface area contributed by atoms with Crippen molar-refractivity contribution in [1.82, 2.24) is 9.97 Å². The van der Waals surface area contributed by atoms with Gasteiger partial charge in [0.25, 0.3) is 0 Å². The fourth-order valence-corrected chi connectivity index (χ4v) is 1.61. The SMILES string of the molecule is CCOc1cncc(N2CC(CN)C2)n1. The van der Waals surface area contributed by atoms with Gasteiger partial charge in [0.05, 0.1) is 19.0 Å². The fourth-order valence-electron chi connectivity index (χ4n) is 1.61. The van der Waals surface area contributed by atoms with Gasteiger partial charge < -0.3 is 15.4 Å². The molecule has 1 aromatic rings. The highest BCUT2D eigenvalue weighted by atomic mass is 16.5. The normalized spacial score (nSPS) is 16.3. The summed E-state index contributed by atoms with van der Waals surface area (Å²) in [5, 5.41) is 0. The number of hydrogen-bond acceptors (Lipinski definition) is 5. The van der Waals surface area contributed by atoms with Crippen molar-refractivity contribution in [3.05, 3.63) is 12.4 Å². The van der Waals surface area contributed by atoms with Gasteiger partial charge in [-0.3, -0.25) is 4.98 Å². The molecule has 1 aliphatic heterocycles. The van der Waals surface area contributed by atoms with Gasteiger partial charge in [-0.2, -0.15) is 4.98 Å². The summed E-state index contributed by atoms with van der Waals surface area (Å²) in [6.45, 7) is 5.24. The van der Waals surface area contributed by atoms with Gasteiger partial charge in [0.2, 0.25) is 5.88 Å². The smallest absolute Gasteiger partial charge is 0.234 e. The van der Waals surface area contributed by atoms with E-state index in [1.54, 1.807) is 12.4 Å². The summed E-state index contributed by atoms with van der Waals surface area (Å²) in [5.41, 5.74) is 5.56. The van der Waals surface area contributed by atoms with E-state index in [4.69, 9.17) is 10.5 Å². The van der Waals surface area contributed by atoms with Crippen LogP contribution < -0.4 is 15.4 Å². The maximum absolute atomic E-state index is 5.56. The van der Waals surface area contributed by atoms with E-state index >= 15 is 0 Å². The van der Waals surface area contributed by atoms with Crippen LogP contribution in [0.1, 0.15) is 6.92 Å². The van der Waals surface area contributed by atoms with Crippen LogP contribution >= 0.6 is 0 Å². The second-order valence-corrected chi connectivity index (χ2v) is 3.66. The summed E-state index contributed by atoms with van der Waals surface area (Å²) in [7, 11) is 0. The van der Waals surface area contributed by atoms with E-state index in [1.165, 1.54) is 0 Å². The summed E-state index contributed by atoms with van der Waals surface area (Å²) in [5.74, 6) is 2.07. The number of anilines is 1. The van der Waals surface area contributed by atoms with Crippen molar-refractivity contribution in [1.29, 1.82) is 0 Å². The van der Waals surface area contributed by atoms with E-state index in [-0.39, 0.29) is 0 Å². The Balaban J connectivity index is 2.00. The van der Waals surface area contributed by atoms with E-state index in [2.05, 4.69) is 14.9 Å². The molecule has 0 amide bonds. The quantitative estimate of drug-likeness (QED) is 0.769. The average molecular weight is 208 g/mol. The largest absolute Gasteiger partial charge is 0.477 e. The molecule has 0 spiro atoms. The molecule has 0 radical (unpaired) electrons. The average Bonchev–Trinajstić information content (AvgIpc) is 2.17. The Morgan fingerprint density at radius 2 is 2.33 bits per heavy atom. The Kier molecular flexibility index (Phi) is 3.01. The number of hydrogen-bond donors (Lipinski definition) is 1. The highest BCUT2D eigenvalue weighted by molar-refractivity contribution is 5.40. The van der Waals surface area contributed by atoms with Crippen molar-refractivity contribution in [3.8, 4) is 5.88 Å². The third kappa shape index (κ3) is 2.18. The Hall–Kier alpha value is -1.36. The predicted molar refractivity (Wildman–Crippen MR) is 58.0 cm³/mol. The number of nitrogens with two attached hydrogens (primary N) is 1. The van der Waals surface area contributed by atoms with Gasteiger partial charge in [-0.15, -0.1) is 0 Å². The second kappa shape index (κ2) is 4.44. The van der Waals surface area contributed by atoms with Crippen LogP contribution in [0.15, 0.2) is 12.4 Å². The van der Waals surface area contributed by atoms with Gasteiger partial charge >= 0.3 is 0 Å². The third-order valence-corrected chi connectivity index (χ3v) is 2.51. The molecule has 0 aliphatic carbocycles. The fraction of sp³-hybridized carbons (Fsp3) is 0.600. The van der Waals surface area contributed by atoms with Crippen LogP contribution in [0.3, 0.4) is 0 Å². The minimum Gasteiger partial charge on any atom is -0.477 e. The van der Waals surface area contributed by atoms with Crippen molar-refractivity contribution in [2.75, 3.05) is 31.1 Å². The van der Waals surface area contributed by atoms with Gasteiger partial charge in [0.1, 0.15) is 0 Å². The lowest BCUT2D eigenvalue weighted by Gasteiger charge is -2.39. The van der Waals surface area contributed by atoms with E-state index in [9.17, 15) is 0 Å². The Morgan fingerprint density at radius 1 is 1.53 bits per heavy atom. The molecule has 0 saturated carbocycles.